The van der Waals surface area contributed by atoms with E-state index in [9.17, 15) is 4.39 Å². The molecule has 2 rings (SSSR count). The Morgan fingerprint density at radius 1 is 1.28 bits per heavy atom. The summed E-state index contributed by atoms with van der Waals surface area (Å²) in [5.41, 5.74) is 0.823. The van der Waals surface area contributed by atoms with Gasteiger partial charge in [0, 0.05) is 31.2 Å². The van der Waals surface area contributed by atoms with Gasteiger partial charge in [0.2, 0.25) is 0 Å². The Bertz CT molecular complexity index is 384. The molecule has 1 saturated heterocycles. The molecule has 0 aliphatic carbocycles. The third kappa shape index (κ3) is 3.30. The summed E-state index contributed by atoms with van der Waals surface area (Å²) in [6.07, 6.45) is 0.784. The smallest absolute Gasteiger partial charge is 0.126 e. The third-order valence-corrected chi connectivity index (χ3v) is 3.68. The summed E-state index contributed by atoms with van der Waals surface area (Å²) in [4.78, 5) is 2.46. The van der Waals surface area contributed by atoms with Gasteiger partial charge < -0.3 is 5.32 Å². The van der Waals surface area contributed by atoms with Crippen LogP contribution < -0.4 is 5.32 Å². The molecule has 100 valence electrons. The summed E-state index contributed by atoms with van der Waals surface area (Å²) < 4.78 is 13.6. The van der Waals surface area contributed by atoms with E-state index in [1.807, 2.05) is 12.1 Å². The molecule has 1 fully saturated rings. The Balaban J connectivity index is 1.99. The lowest BCUT2D eigenvalue weighted by atomic mass is 10.0. The van der Waals surface area contributed by atoms with Gasteiger partial charge in [-0.15, -0.1) is 0 Å². The van der Waals surface area contributed by atoms with Gasteiger partial charge in [-0.1, -0.05) is 18.2 Å². The first-order valence-corrected chi connectivity index (χ1v) is 6.79. The second kappa shape index (κ2) is 5.81. The van der Waals surface area contributed by atoms with Crippen LogP contribution in [0.3, 0.4) is 0 Å². The van der Waals surface area contributed by atoms with Crippen LogP contribution in [0, 0.1) is 5.82 Å². The van der Waals surface area contributed by atoms with E-state index in [4.69, 9.17) is 0 Å². The van der Waals surface area contributed by atoms with Gasteiger partial charge in [-0.2, -0.15) is 0 Å². The van der Waals surface area contributed by atoms with Crippen LogP contribution in [0.4, 0.5) is 4.39 Å². The molecule has 3 atom stereocenters. The molecular weight excluding hydrogens is 227 g/mol. The summed E-state index contributed by atoms with van der Waals surface area (Å²) in [5, 5.41) is 3.52. The van der Waals surface area contributed by atoms with E-state index < -0.39 is 0 Å². The van der Waals surface area contributed by atoms with Crippen LogP contribution in [0.25, 0.3) is 0 Å². The van der Waals surface area contributed by atoms with Crippen LogP contribution in [-0.2, 0) is 6.42 Å². The molecule has 18 heavy (non-hydrogen) atoms. The molecule has 0 aromatic heterocycles. The minimum atomic E-state index is -0.0828. The van der Waals surface area contributed by atoms with Crippen molar-refractivity contribution in [3.05, 3.63) is 35.6 Å². The predicted molar refractivity (Wildman–Crippen MR) is 73.2 cm³/mol. The largest absolute Gasteiger partial charge is 0.309 e. The summed E-state index contributed by atoms with van der Waals surface area (Å²) in [5.74, 6) is -0.0828. The van der Waals surface area contributed by atoms with Crippen molar-refractivity contribution in [1.29, 1.82) is 0 Å². The van der Waals surface area contributed by atoms with Gasteiger partial charge in [-0.25, -0.2) is 4.39 Å². The van der Waals surface area contributed by atoms with Gasteiger partial charge in [-0.05, 0) is 38.8 Å². The first-order valence-electron chi connectivity index (χ1n) is 6.79. The molecule has 1 aliphatic heterocycles. The number of piperazine rings is 1. The molecule has 1 aromatic rings. The summed E-state index contributed by atoms with van der Waals surface area (Å²) in [6, 6.07) is 8.50. The Kier molecular flexibility index (Phi) is 4.36. The monoisotopic (exact) mass is 250 g/mol. The maximum atomic E-state index is 13.6. The molecule has 0 amide bonds. The lowest BCUT2D eigenvalue weighted by Crippen LogP contribution is -2.56. The molecule has 3 heteroatoms. The van der Waals surface area contributed by atoms with Crippen molar-refractivity contribution in [1.82, 2.24) is 10.2 Å². The van der Waals surface area contributed by atoms with Crippen LogP contribution >= 0.6 is 0 Å². The molecule has 0 saturated carbocycles. The second-order valence-corrected chi connectivity index (χ2v) is 5.57. The molecule has 0 spiro atoms. The van der Waals surface area contributed by atoms with Gasteiger partial charge in [0.1, 0.15) is 5.82 Å². The number of hydrogen-bond donors (Lipinski definition) is 1. The van der Waals surface area contributed by atoms with Crippen LogP contribution in [0.2, 0.25) is 0 Å². The zero-order chi connectivity index (χ0) is 13.1. The van der Waals surface area contributed by atoms with Crippen LogP contribution in [0.1, 0.15) is 26.3 Å². The fraction of sp³-hybridized carbons (Fsp3) is 0.600. The van der Waals surface area contributed by atoms with E-state index in [1.54, 1.807) is 12.1 Å². The maximum absolute atomic E-state index is 13.6. The molecule has 1 aromatic carbocycles. The summed E-state index contributed by atoms with van der Waals surface area (Å²) >= 11 is 0. The number of rotatable bonds is 3. The highest BCUT2D eigenvalue weighted by Crippen LogP contribution is 2.15. The van der Waals surface area contributed by atoms with E-state index >= 15 is 0 Å². The van der Waals surface area contributed by atoms with E-state index in [-0.39, 0.29) is 5.82 Å². The van der Waals surface area contributed by atoms with Crippen molar-refractivity contribution in [3.8, 4) is 0 Å². The minimum absolute atomic E-state index is 0.0828. The maximum Gasteiger partial charge on any atom is 0.126 e. The lowest BCUT2D eigenvalue weighted by Gasteiger charge is -2.39. The van der Waals surface area contributed by atoms with Crippen molar-refractivity contribution >= 4 is 0 Å². The normalized spacial score (nSPS) is 27.1. The standard InChI is InChI=1S/C15H23FN2/c1-11-9-18(10-12(2)17-11)13(3)8-14-6-4-5-7-15(14)16/h4-7,11-13,17H,8-10H2,1-3H3. The highest BCUT2D eigenvalue weighted by atomic mass is 19.1. The van der Waals surface area contributed by atoms with Crippen molar-refractivity contribution in [3.63, 3.8) is 0 Å². The summed E-state index contributed by atoms with van der Waals surface area (Å²) in [7, 11) is 0. The van der Waals surface area contributed by atoms with E-state index in [1.165, 1.54) is 0 Å². The molecule has 3 unspecified atom stereocenters. The van der Waals surface area contributed by atoms with Gasteiger partial charge >= 0.3 is 0 Å². The molecule has 1 N–H and O–H groups in total. The second-order valence-electron chi connectivity index (χ2n) is 5.57. The van der Waals surface area contributed by atoms with Crippen LogP contribution in [-0.4, -0.2) is 36.1 Å². The number of nitrogens with one attached hydrogen (secondary N) is 1. The fourth-order valence-corrected chi connectivity index (χ4v) is 2.84. The zero-order valence-electron chi connectivity index (χ0n) is 11.5. The van der Waals surface area contributed by atoms with Crippen LogP contribution in [0.5, 0.6) is 0 Å². The van der Waals surface area contributed by atoms with Gasteiger partial charge in [-0.3, -0.25) is 4.90 Å². The molecular formula is C15H23FN2. The van der Waals surface area contributed by atoms with E-state index in [2.05, 4.69) is 31.0 Å². The van der Waals surface area contributed by atoms with Crippen molar-refractivity contribution in [2.45, 2.75) is 45.3 Å². The molecule has 1 aliphatic rings. The molecule has 0 bridgehead atoms. The number of hydrogen-bond acceptors (Lipinski definition) is 2. The Labute approximate surface area is 109 Å². The average molecular weight is 250 g/mol. The highest BCUT2D eigenvalue weighted by Gasteiger charge is 2.24. The number of benzene rings is 1. The Hall–Kier alpha value is -0.930. The fourth-order valence-electron chi connectivity index (χ4n) is 2.84. The van der Waals surface area contributed by atoms with Crippen molar-refractivity contribution < 1.29 is 4.39 Å². The predicted octanol–water partition coefficient (Wildman–Crippen LogP) is 2.44. The first-order chi connectivity index (χ1) is 8.56. The van der Waals surface area contributed by atoms with Gasteiger partial charge in [0.25, 0.3) is 0 Å². The summed E-state index contributed by atoms with van der Waals surface area (Å²) in [6.45, 7) is 8.69. The quantitative estimate of drug-likeness (QED) is 0.886. The van der Waals surface area contributed by atoms with Gasteiger partial charge in [0.15, 0.2) is 0 Å². The highest BCUT2D eigenvalue weighted by molar-refractivity contribution is 5.18. The minimum Gasteiger partial charge on any atom is -0.309 e. The van der Waals surface area contributed by atoms with E-state index in [0.29, 0.717) is 18.1 Å². The van der Waals surface area contributed by atoms with Crippen LogP contribution in [0.15, 0.2) is 24.3 Å². The molecule has 0 radical (unpaired) electrons. The van der Waals surface area contributed by atoms with E-state index in [0.717, 1.165) is 25.1 Å². The SMILES string of the molecule is CC1CN(C(C)Cc2ccccc2F)CC(C)N1. The van der Waals surface area contributed by atoms with Gasteiger partial charge in [0.05, 0.1) is 0 Å². The van der Waals surface area contributed by atoms with Crippen molar-refractivity contribution in [2.24, 2.45) is 0 Å². The Morgan fingerprint density at radius 2 is 1.89 bits per heavy atom. The number of halogens is 1. The first kappa shape index (κ1) is 13.5. The molecule has 2 nitrogen and oxygen atoms in total. The van der Waals surface area contributed by atoms with Crippen molar-refractivity contribution in [2.75, 3.05) is 13.1 Å². The third-order valence-electron chi connectivity index (χ3n) is 3.68. The number of nitrogens with zero attached hydrogens (tertiary/aromatic N) is 1. The zero-order valence-corrected chi connectivity index (χ0v) is 11.5. The molecule has 1 heterocycles. The Morgan fingerprint density at radius 3 is 2.50 bits per heavy atom. The topological polar surface area (TPSA) is 15.3 Å². The lowest BCUT2D eigenvalue weighted by molar-refractivity contribution is 0.130. The average Bonchev–Trinajstić information content (AvgIpc) is 2.31.